The van der Waals surface area contributed by atoms with Crippen molar-refractivity contribution in [3.8, 4) is 0 Å². The van der Waals surface area contributed by atoms with Crippen molar-refractivity contribution >= 4 is 17.7 Å². The van der Waals surface area contributed by atoms with E-state index in [4.69, 9.17) is 0 Å². The van der Waals surface area contributed by atoms with E-state index in [1.807, 2.05) is 0 Å². The number of hydrogen-bond donors (Lipinski definition) is 1. The molecule has 0 saturated carbocycles. The molecule has 134 valence electrons. The highest BCUT2D eigenvalue weighted by molar-refractivity contribution is 7.98. The second kappa shape index (κ2) is 10.1. The Kier molecular flexibility index (Phi) is 8.09. The Bertz CT molecular complexity index is 507. The molecule has 0 radical (unpaired) electrons. The van der Waals surface area contributed by atoms with Gasteiger partial charge >= 0.3 is 0 Å². The van der Waals surface area contributed by atoms with E-state index in [1.54, 1.807) is 16.7 Å². The number of piperidine rings is 1. The minimum Gasteiger partial charge on any atom is -0.395 e. The lowest BCUT2D eigenvalue weighted by Gasteiger charge is -2.33. The van der Waals surface area contributed by atoms with Gasteiger partial charge < -0.3 is 14.9 Å². The summed E-state index contributed by atoms with van der Waals surface area (Å²) in [6.45, 7) is 2.14. The molecule has 1 aromatic carbocycles. The predicted octanol–water partition coefficient (Wildman–Crippen LogP) is 2.99. The molecule has 5 heteroatoms. The van der Waals surface area contributed by atoms with Crippen LogP contribution in [0.5, 0.6) is 0 Å². The maximum Gasteiger partial charge on any atom is 0.223 e. The Balaban J connectivity index is 1.88. The van der Waals surface area contributed by atoms with Gasteiger partial charge in [0, 0.05) is 30.4 Å². The fraction of sp³-hybridized carbons (Fsp3) is 0.632. The molecule has 1 aromatic rings. The van der Waals surface area contributed by atoms with Gasteiger partial charge in [0.05, 0.1) is 6.61 Å². The topological polar surface area (TPSA) is 43.8 Å². The van der Waals surface area contributed by atoms with Gasteiger partial charge in [0.2, 0.25) is 5.91 Å². The van der Waals surface area contributed by atoms with Crippen LogP contribution in [0.3, 0.4) is 0 Å². The molecule has 1 fully saturated rings. The smallest absolute Gasteiger partial charge is 0.223 e. The van der Waals surface area contributed by atoms with Crippen LogP contribution in [0.25, 0.3) is 0 Å². The lowest BCUT2D eigenvalue weighted by atomic mass is 9.98. The molecule has 0 bridgehead atoms. The van der Waals surface area contributed by atoms with Crippen molar-refractivity contribution in [2.24, 2.45) is 0 Å². The Morgan fingerprint density at radius 3 is 2.71 bits per heavy atom. The summed E-state index contributed by atoms with van der Waals surface area (Å²) in [4.78, 5) is 18.0. The zero-order chi connectivity index (χ0) is 17.4. The zero-order valence-corrected chi connectivity index (χ0v) is 15.7. The number of aliphatic hydroxyl groups is 1. The first kappa shape index (κ1) is 19.3. The summed E-state index contributed by atoms with van der Waals surface area (Å²) in [6.07, 6.45) is 7.27. The monoisotopic (exact) mass is 350 g/mol. The Morgan fingerprint density at radius 2 is 2.08 bits per heavy atom. The molecule has 1 atom stereocenters. The fourth-order valence-electron chi connectivity index (χ4n) is 3.32. The third-order valence-electron chi connectivity index (χ3n) is 4.87. The van der Waals surface area contributed by atoms with Crippen LogP contribution in [0.1, 0.15) is 37.7 Å². The third-order valence-corrected chi connectivity index (χ3v) is 5.61. The van der Waals surface area contributed by atoms with Crippen LogP contribution in [-0.2, 0) is 11.3 Å². The van der Waals surface area contributed by atoms with E-state index in [1.165, 1.54) is 24.2 Å². The van der Waals surface area contributed by atoms with E-state index >= 15 is 0 Å². The number of amides is 1. The highest BCUT2D eigenvalue weighted by Gasteiger charge is 2.21. The maximum atomic E-state index is 12.6. The van der Waals surface area contributed by atoms with Gasteiger partial charge in [-0.2, -0.15) is 0 Å². The second-order valence-corrected chi connectivity index (χ2v) is 7.44. The van der Waals surface area contributed by atoms with Gasteiger partial charge in [-0.25, -0.2) is 0 Å². The van der Waals surface area contributed by atoms with Gasteiger partial charge in [0.15, 0.2) is 0 Å². The van der Waals surface area contributed by atoms with Gasteiger partial charge in [-0.3, -0.25) is 4.79 Å². The number of nitrogens with zero attached hydrogens (tertiary/aromatic N) is 2. The molecule has 0 spiro atoms. The van der Waals surface area contributed by atoms with Gasteiger partial charge in [-0.15, -0.1) is 11.8 Å². The number of rotatable bonds is 8. The molecule has 1 heterocycles. The number of carbonyl (C=O) groups is 1. The van der Waals surface area contributed by atoms with Crippen LogP contribution < -0.4 is 0 Å². The normalized spacial score (nSPS) is 18.5. The molecule has 2 rings (SSSR count). The number of benzene rings is 1. The third kappa shape index (κ3) is 5.80. The molecule has 0 aliphatic carbocycles. The molecule has 1 saturated heterocycles. The molecule has 1 aliphatic rings. The van der Waals surface area contributed by atoms with Crippen molar-refractivity contribution in [2.45, 2.75) is 49.6 Å². The standard InChI is InChI=1S/C19H30N2O2S/c1-20-12-4-3-5-17(20)8-11-19(23)21(13-14-22)15-16-6-9-18(24-2)10-7-16/h6-7,9-10,17,22H,3-5,8,11-15H2,1-2H3. The molecule has 1 amide bonds. The number of hydrogen-bond acceptors (Lipinski definition) is 4. The molecule has 4 nitrogen and oxygen atoms in total. The van der Waals surface area contributed by atoms with Crippen molar-refractivity contribution in [3.63, 3.8) is 0 Å². The number of likely N-dealkylation sites (tertiary alicyclic amines) is 1. The van der Waals surface area contributed by atoms with E-state index in [9.17, 15) is 9.90 Å². The van der Waals surface area contributed by atoms with Crippen LogP contribution in [0.15, 0.2) is 29.2 Å². The van der Waals surface area contributed by atoms with Crippen LogP contribution in [0.2, 0.25) is 0 Å². The predicted molar refractivity (Wildman–Crippen MR) is 100 cm³/mol. The average molecular weight is 351 g/mol. The summed E-state index contributed by atoms with van der Waals surface area (Å²) in [5.74, 6) is 0.150. The molecular formula is C19H30N2O2S. The molecular weight excluding hydrogens is 320 g/mol. The molecule has 1 unspecified atom stereocenters. The van der Waals surface area contributed by atoms with Crippen LogP contribution in [-0.4, -0.2) is 59.9 Å². The Morgan fingerprint density at radius 1 is 1.33 bits per heavy atom. The zero-order valence-electron chi connectivity index (χ0n) is 14.9. The summed E-state index contributed by atoms with van der Waals surface area (Å²) in [5, 5.41) is 9.30. The largest absolute Gasteiger partial charge is 0.395 e. The number of aliphatic hydroxyl groups excluding tert-OH is 1. The van der Waals surface area contributed by atoms with Crippen molar-refractivity contribution in [1.82, 2.24) is 9.80 Å². The first-order valence-electron chi connectivity index (χ1n) is 8.86. The van der Waals surface area contributed by atoms with E-state index in [2.05, 4.69) is 42.5 Å². The summed E-state index contributed by atoms with van der Waals surface area (Å²) in [7, 11) is 2.16. The van der Waals surface area contributed by atoms with E-state index < -0.39 is 0 Å². The van der Waals surface area contributed by atoms with Crippen molar-refractivity contribution in [1.29, 1.82) is 0 Å². The SMILES string of the molecule is CSc1ccc(CN(CCO)C(=O)CCC2CCCCN2C)cc1. The van der Waals surface area contributed by atoms with Gasteiger partial charge in [-0.1, -0.05) is 18.6 Å². The van der Waals surface area contributed by atoms with E-state index in [0.29, 0.717) is 25.6 Å². The summed E-state index contributed by atoms with van der Waals surface area (Å²) in [5.41, 5.74) is 1.12. The quantitative estimate of drug-likeness (QED) is 0.732. The lowest BCUT2D eigenvalue weighted by molar-refractivity contribution is -0.132. The maximum absolute atomic E-state index is 12.6. The average Bonchev–Trinajstić information content (AvgIpc) is 2.61. The highest BCUT2D eigenvalue weighted by Crippen LogP contribution is 2.20. The highest BCUT2D eigenvalue weighted by atomic mass is 32.2. The summed E-state index contributed by atoms with van der Waals surface area (Å²) < 4.78 is 0. The van der Waals surface area contributed by atoms with Crippen molar-refractivity contribution in [3.05, 3.63) is 29.8 Å². The van der Waals surface area contributed by atoms with Crippen LogP contribution in [0, 0.1) is 0 Å². The lowest BCUT2D eigenvalue weighted by Crippen LogP contribution is -2.38. The number of thioether (sulfide) groups is 1. The minimum atomic E-state index is 0.0119. The molecule has 1 N–H and O–H groups in total. The van der Waals surface area contributed by atoms with Crippen molar-refractivity contribution in [2.75, 3.05) is 33.0 Å². The minimum absolute atomic E-state index is 0.0119. The van der Waals surface area contributed by atoms with Gasteiger partial charge in [0.25, 0.3) is 0 Å². The summed E-state index contributed by atoms with van der Waals surface area (Å²) >= 11 is 1.71. The first-order valence-corrected chi connectivity index (χ1v) is 10.1. The van der Waals surface area contributed by atoms with Gasteiger partial charge in [-0.05, 0) is 56.8 Å². The second-order valence-electron chi connectivity index (χ2n) is 6.56. The fourth-order valence-corrected chi connectivity index (χ4v) is 3.73. The summed E-state index contributed by atoms with van der Waals surface area (Å²) in [6, 6.07) is 8.83. The van der Waals surface area contributed by atoms with Crippen LogP contribution in [0.4, 0.5) is 0 Å². The molecule has 24 heavy (non-hydrogen) atoms. The molecule has 1 aliphatic heterocycles. The van der Waals surface area contributed by atoms with E-state index in [0.717, 1.165) is 18.5 Å². The molecule has 0 aromatic heterocycles. The Hall–Kier alpha value is -1.04. The Labute approximate surface area is 150 Å². The number of carbonyl (C=O) groups excluding carboxylic acids is 1. The van der Waals surface area contributed by atoms with Crippen LogP contribution >= 0.6 is 11.8 Å². The first-order chi connectivity index (χ1) is 11.6. The van der Waals surface area contributed by atoms with E-state index in [-0.39, 0.29) is 12.5 Å². The van der Waals surface area contributed by atoms with Crippen molar-refractivity contribution < 1.29 is 9.90 Å². The van der Waals surface area contributed by atoms with Gasteiger partial charge in [0.1, 0.15) is 0 Å².